The predicted molar refractivity (Wildman–Crippen MR) is 67.5 cm³/mol. The van der Waals surface area contributed by atoms with E-state index in [1.165, 1.54) is 4.90 Å². The Bertz CT molecular complexity index is 299. The van der Waals surface area contributed by atoms with Crippen LogP contribution in [0.15, 0.2) is 0 Å². The fraction of sp³-hybridized carbons (Fsp3) is 0.818. The molecule has 5 heteroatoms. The first-order chi connectivity index (χ1) is 7.23. The van der Waals surface area contributed by atoms with Crippen LogP contribution in [0.1, 0.15) is 40.0 Å². The van der Waals surface area contributed by atoms with Gasteiger partial charge in [-0.1, -0.05) is 12.2 Å². The number of amides is 1. The molecule has 2 atom stereocenters. The Kier molecular flexibility index (Phi) is 3.78. The van der Waals surface area contributed by atoms with Gasteiger partial charge in [0.2, 0.25) is 0 Å². The van der Waals surface area contributed by atoms with Crippen molar-refractivity contribution in [3.05, 3.63) is 0 Å². The van der Waals surface area contributed by atoms with E-state index in [-0.39, 0.29) is 17.5 Å². The Balaban J connectivity index is 2.76. The van der Waals surface area contributed by atoms with E-state index in [0.29, 0.717) is 4.99 Å². The van der Waals surface area contributed by atoms with Crippen molar-refractivity contribution >= 4 is 23.3 Å². The Morgan fingerprint density at radius 1 is 1.44 bits per heavy atom. The number of nitrogens with zero attached hydrogens (tertiary/aromatic N) is 1. The van der Waals surface area contributed by atoms with Crippen molar-refractivity contribution < 1.29 is 9.90 Å². The summed E-state index contributed by atoms with van der Waals surface area (Å²) in [7, 11) is 0. The highest BCUT2D eigenvalue weighted by atomic mass is 32.1. The van der Waals surface area contributed by atoms with Crippen LogP contribution in [0.5, 0.6) is 0 Å². The van der Waals surface area contributed by atoms with Crippen LogP contribution < -0.4 is 5.73 Å². The van der Waals surface area contributed by atoms with Gasteiger partial charge < -0.3 is 15.7 Å². The topological polar surface area (TPSA) is 66.6 Å². The van der Waals surface area contributed by atoms with Gasteiger partial charge in [-0.3, -0.25) is 0 Å². The van der Waals surface area contributed by atoms with Gasteiger partial charge in [-0.25, -0.2) is 4.79 Å². The van der Waals surface area contributed by atoms with E-state index in [1.54, 1.807) is 0 Å². The summed E-state index contributed by atoms with van der Waals surface area (Å²) in [6.07, 6.45) is 1.66. The quantitative estimate of drug-likeness (QED) is 0.731. The van der Waals surface area contributed by atoms with Gasteiger partial charge in [0.1, 0.15) is 0 Å². The van der Waals surface area contributed by atoms with Crippen LogP contribution in [0, 0.1) is 5.92 Å². The largest absolute Gasteiger partial charge is 0.465 e. The van der Waals surface area contributed by atoms with Crippen LogP contribution >= 0.6 is 12.2 Å². The van der Waals surface area contributed by atoms with Crippen molar-refractivity contribution in [2.45, 2.75) is 51.6 Å². The van der Waals surface area contributed by atoms with Gasteiger partial charge in [-0.05, 0) is 40.0 Å². The lowest BCUT2D eigenvalue weighted by Gasteiger charge is -2.38. The predicted octanol–water partition coefficient (Wildman–Crippen LogP) is 2.22. The minimum absolute atomic E-state index is 0.0454. The van der Waals surface area contributed by atoms with Gasteiger partial charge in [0.15, 0.2) is 0 Å². The fourth-order valence-corrected chi connectivity index (χ4v) is 2.66. The maximum Gasteiger partial charge on any atom is 0.407 e. The van der Waals surface area contributed by atoms with Crippen LogP contribution in [0.2, 0.25) is 0 Å². The number of hydrogen-bond acceptors (Lipinski definition) is 2. The Hall–Kier alpha value is -0.840. The highest BCUT2D eigenvalue weighted by molar-refractivity contribution is 7.80. The molecule has 0 saturated heterocycles. The van der Waals surface area contributed by atoms with Crippen molar-refractivity contribution in [2.75, 3.05) is 0 Å². The van der Waals surface area contributed by atoms with E-state index >= 15 is 0 Å². The van der Waals surface area contributed by atoms with Crippen LogP contribution in [0.25, 0.3) is 0 Å². The summed E-state index contributed by atoms with van der Waals surface area (Å²) in [4.78, 5) is 13.3. The van der Waals surface area contributed by atoms with Crippen molar-refractivity contribution in [1.29, 1.82) is 0 Å². The molecule has 0 aromatic rings. The zero-order chi connectivity index (χ0) is 12.5. The molecule has 1 aliphatic rings. The van der Waals surface area contributed by atoms with E-state index in [4.69, 9.17) is 18.0 Å². The number of carbonyl (C=O) groups is 1. The highest BCUT2D eigenvalue weighted by Gasteiger charge is 2.38. The number of thiocarbonyl (C=S) groups is 1. The van der Waals surface area contributed by atoms with Gasteiger partial charge >= 0.3 is 6.09 Å². The molecule has 0 aromatic carbocycles. The second kappa shape index (κ2) is 4.57. The second-order valence-electron chi connectivity index (χ2n) is 5.39. The average molecular weight is 244 g/mol. The van der Waals surface area contributed by atoms with Crippen molar-refractivity contribution in [3.63, 3.8) is 0 Å². The average Bonchev–Trinajstić information content (AvgIpc) is 2.49. The normalized spacial score (nSPS) is 25.4. The first kappa shape index (κ1) is 13.2. The molecule has 4 nitrogen and oxygen atoms in total. The molecule has 0 bridgehead atoms. The molecule has 3 N–H and O–H groups in total. The van der Waals surface area contributed by atoms with Gasteiger partial charge in [0.05, 0.1) is 4.99 Å². The van der Waals surface area contributed by atoms with Crippen LogP contribution in [0.3, 0.4) is 0 Å². The van der Waals surface area contributed by atoms with E-state index in [1.807, 2.05) is 20.8 Å². The third kappa shape index (κ3) is 2.84. The minimum Gasteiger partial charge on any atom is -0.465 e. The monoisotopic (exact) mass is 244 g/mol. The van der Waals surface area contributed by atoms with Gasteiger partial charge in [0, 0.05) is 17.5 Å². The summed E-state index contributed by atoms with van der Waals surface area (Å²) in [6.45, 7) is 5.74. The molecule has 0 aliphatic heterocycles. The van der Waals surface area contributed by atoms with Crippen LogP contribution in [0.4, 0.5) is 4.79 Å². The summed E-state index contributed by atoms with van der Waals surface area (Å²) in [5.74, 6) is 0.198. The summed E-state index contributed by atoms with van der Waals surface area (Å²) in [6, 6.07) is 0.0454. The molecular weight excluding hydrogens is 224 g/mol. The molecule has 16 heavy (non-hydrogen) atoms. The SMILES string of the molecule is CC(C)(C)N(C(=O)O)[C@H]1CC[C@@H](C(N)=S)C1. The Morgan fingerprint density at radius 2 is 2.00 bits per heavy atom. The molecule has 0 unspecified atom stereocenters. The van der Waals surface area contributed by atoms with E-state index in [9.17, 15) is 9.90 Å². The van der Waals surface area contributed by atoms with E-state index < -0.39 is 6.09 Å². The third-order valence-corrected chi connectivity index (χ3v) is 3.43. The van der Waals surface area contributed by atoms with Gasteiger partial charge in [-0.2, -0.15) is 0 Å². The second-order valence-corrected chi connectivity index (χ2v) is 5.86. The smallest absolute Gasteiger partial charge is 0.407 e. The molecule has 1 fully saturated rings. The third-order valence-electron chi connectivity index (χ3n) is 3.10. The number of nitrogens with two attached hydrogens (primary N) is 1. The van der Waals surface area contributed by atoms with Crippen molar-refractivity contribution in [3.8, 4) is 0 Å². The maximum absolute atomic E-state index is 11.3. The summed E-state index contributed by atoms with van der Waals surface area (Å²) < 4.78 is 0. The summed E-state index contributed by atoms with van der Waals surface area (Å²) in [5.41, 5.74) is 5.24. The Labute approximate surface area is 102 Å². The molecule has 92 valence electrons. The lowest BCUT2D eigenvalue weighted by atomic mass is 10.0. The van der Waals surface area contributed by atoms with Crippen LogP contribution in [-0.2, 0) is 0 Å². The van der Waals surface area contributed by atoms with Crippen LogP contribution in [-0.4, -0.2) is 32.7 Å². The maximum atomic E-state index is 11.3. The van der Waals surface area contributed by atoms with E-state index in [2.05, 4.69) is 0 Å². The van der Waals surface area contributed by atoms with Crippen molar-refractivity contribution in [1.82, 2.24) is 4.90 Å². The molecule has 1 saturated carbocycles. The molecule has 0 aromatic heterocycles. The summed E-state index contributed by atoms with van der Waals surface area (Å²) in [5, 5.41) is 9.26. The molecule has 1 rings (SSSR count). The number of hydrogen-bond donors (Lipinski definition) is 2. The zero-order valence-corrected chi connectivity index (χ0v) is 10.9. The number of rotatable bonds is 2. The molecule has 0 heterocycles. The first-order valence-corrected chi connectivity index (χ1v) is 5.96. The van der Waals surface area contributed by atoms with E-state index in [0.717, 1.165) is 19.3 Å². The highest BCUT2D eigenvalue weighted by Crippen LogP contribution is 2.33. The molecule has 0 spiro atoms. The zero-order valence-electron chi connectivity index (χ0n) is 10.1. The van der Waals surface area contributed by atoms with Gasteiger partial charge in [-0.15, -0.1) is 0 Å². The lowest BCUT2D eigenvalue weighted by molar-refractivity contribution is 0.0715. The standard InChI is InChI=1S/C11H20N2O2S/c1-11(2,3)13(10(14)15)8-5-4-7(6-8)9(12)16/h7-8H,4-6H2,1-3H3,(H2,12,16)(H,14,15)/t7-,8+/m1/s1. The molecule has 1 amide bonds. The molecule has 0 radical (unpaired) electrons. The minimum atomic E-state index is -0.860. The fourth-order valence-electron chi connectivity index (χ4n) is 2.44. The first-order valence-electron chi connectivity index (χ1n) is 5.55. The van der Waals surface area contributed by atoms with Crippen molar-refractivity contribution in [2.24, 2.45) is 11.7 Å². The summed E-state index contributed by atoms with van der Waals surface area (Å²) >= 11 is 4.97. The Morgan fingerprint density at radius 3 is 2.31 bits per heavy atom. The molecule has 1 aliphatic carbocycles. The molecular formula is C11H20N2O2S. The number of carboxylic acid groups (broad SMARTS) is 1. The lowest BCUT2D eigenvalue weighted by Crippen LogP contribution is -2.50. The van der Waals surface area contributed by atoms with Gasteiger partial charge in [0.25, 0.3) is 0 Å².